The first-order valence-electron chi connectivity index (χ1n) is 7.11. The Kier molecular flexibility index (Phi) is 5.00. The summed E-state index contributed by atoms with van der Waals surface area (Å²) < 4.78 is 47.8. The Morgan fingerprint density at radius 2 is 2.09 bits per heavy atom. The van der Waals surface area contributed by atoms with Gasteiger partial charge in [-0.15, -0.1) is 0 Å². The van der Waals surface area contributed by atoms with E-state index in [1.165, 1.54) is 0 Å². The zero-order chi connectivity index (χ0) is 17.3. The number of anilines is 1. The summed E-state index contributed by atoms with van der Waals surface area (Å²) in [6.07, 6.45) is 1.39. The van der Waals surface area contributed by atoms with Gasteiger partial charge in [-0.1, -0.05) is 12.1 Å². The first-order valence-corrected chi connectivity index (χ1v) is 10.8. The molecule has 0 radical (unpaired) electrons. The van der Waals surface area contributed by atoms with Crippen LogP contribution in [0.5, 0.6) is 0 Å². The summed E-state index contributed by atoms with van der Waals surface area (Å²) in [5.74, 6) is -0.563. The first kappa shape index (κ1) is 17.7. The van der Waals surface area contributed by atoms with E-state index in [1.54, 1.807) is 18.2 Å². The standard InChI is InChI=1S/C14H20N2O5S2/c1-11-4-3-5-13(8-11)16(22(2,18)19)9-14(17)15-12-6-7-23(20,21)10-12/h3-5,8,12H,6-7,9-10H2,1-2H3,(H,15,17). The molecule has 1 amide bonds. The van der Waals surface area contributed by atoms with E-state index in [-0.39, 0.29) is 18.1 Å². The minimum atomic E-state index is -3.63. The fraction of sp³-hybridized carbons (Fsp3) is 0.500. The highest BCUT2D eigenvalue weighted by atomic mass is 32.2. The zero-order valence-electron chi connectivity index (χ0n) is 13.0. The number of carbonyl (C=O) groups is 1. The average molecular weight is 360 g/mol. The number of carbonyl (C=O) groups excluding carboxylic acids is 1. The van der Waals surface area contributed by atoms with Gasteiger partial charge in [0.05, 0.1) is 23.4 Å². The number of sulfonamides is 1. The summed E-state index contributed by atoms with van der Waals surface area (Å²) in [5.41, 5.74) is 1.28. The lowest BCUT2D eigenvalue weighted by atomic mass is 10.2. The van der Waals surface area contributed by atoms with Crippen molar-refractivity contribution in [3.8, 4) is 0 Å². The number of benzene rings is 1. The van der Waals surface area contributed by atoms with Gasteiger partial charge in [-0.3, -0.25) is 9.10 Å². The summed E-state index contributed by atoms with van der Waals surface area (Å²) in [4.78, 5) is 12.1. The van der Waals surface area contributed by atoms with Gasteiger partial charge in [-0.25, -0.2) is 16.8 Å². The maximum Gasteiger partial charge on any atom is 0.241 e. The van der Waals surface area contributed by atoms with Crippen molar-refractivity contribution >= 4 is 31.5 Å². The normalized spacial score (nSPS) is 20.2. The number of amides is 1. The number of hydrogen-bond donors (Lipinski definition) is 1. The molecule has 0 saturated carbocycles. The van der Waals surface area contributed by atoms with Crippen molar-refractivity contribution in [1.29, 1.82) is 0 Å². The molecule has 2 rings (SSSR count). The Bertz CT molecular complexity index is 802. The molecule has 9 heteroatoms. The molecule has 0 spiro atoms. The van der Waals surface area contributed by atoms with Gasteiger partial charge in [-0.05, 0) is 31.0 Å². The van der Waals surface area contributed by atoms with Crippen molar-refractivity contribution in [2.45, 2.75) is 19.4 Å². The third kappa shape index (κ3) is 4.93. The number of aryl methyl sites for hydroxylation is 1. The molecule has 1 heterocycles. The lowest BCUT2D eigenvalue weighted by molar-refractivity contribution is -0.120. The number of nitrogens with one attached hydrogen (secondary N) is 1. The molecular formula is C14H20N2O5S2. The lowest BCUT2D eigenvalue weighted by Gasteiger charge is -2.23. The van der Waals surface area contributed by atoms with Crippen molar-refractivity contribution in [2.24, 2.45) is 0 Å². The molecule has 1 saturated heterocycles. The number of nitrogens with zero attached hydrogens (tertiary/aromatic N) is 1. The van der Waals surface area contributed by atoms with Crippen LogP contribution in [0.15, 0.2) is 24.3 Å². The molecule has 1 aliphatic rings. The summed E-state index contributed by atoms with van der Waals surface area (Å²) >= 11 is 0. The minimum absolute atomic E-state index is 0.0472. The molecule has 1 fully saturated rings. The predicted molar refractivity (Wildman–Crippen MR) is 88.6 cm³/mol. The largest absolute Gasteiger partial charge is 0.351 e. The first-order chi connectivity index (χ1) is 10.6. The smallest absolute Gasteiger partial charge is 0.241 e. The van der Waals surface area contributed by atoms with Gasteiger partial charge in [0.1, 0.15) is 6.54 Å². The molecule has 1 aromatic rings. The highest BCUT2D eigenvalue weighted by Gasteiger charge is 2.30. The molecule has 7 nitrogen and oxygen atoms in total. The molecule has 128 valence electrons. The van der Waals surface area contributed by atoms with E-state index >= 15 is 0 Å². The Labute approximate surface area is 136 Å². The van der Waals surface area contributed by atoms with Crippen molar-refractivity contribution < 1.29 is 21.6 Å². The number of hydrogen-bond acceptors (Lipinski definition) is 5. The van der Waals surface area contributed by atoms with Crippen molar-refractivity contribution in [3.05, 3.63) is 29.8 Å². The van der Waals surface area contributed by atoms with Crippen LogP contribution in [-0.4, -0.2) is 53.1 Å². The summed E-state index contributed by atoms with van der Waals surface area (Å²) in [6, 6.07) is 6.37. The van der Waals surface area contributed by atoms with Crippen LogP contribution in [0.2, 0.25) is 0 Å². The van der Waals surface area contributed by atoms with E-state index in [4.69, 9.17) is 0 Å². The van der Waals surface area contributed by atoms with Crippen molar-refractivity contribution in [1.82, 2.24) is 5.32 Å². The molecule has 1 unspecified atom stereocenters. The van der Waals surface area contributed by atoms with Gasteiger partial charge in [0.25, 0.3) is 0 Å². The van der Waals surface area contributed by atoms with Crippen LogP contribution >= 0.6 is 0 Å². The van der Waals surface area contributed by atoms with Crippen molar-refractivity contribution in [3.63, 3.8) is 0 Å². The van der Waals surface area contributed by atoms with Crippen molar-refractivity contribution in [2.75, 3.05) is 28.6 Å². The molecule has 0 aromatic heterocycles. The summed E-state index contributed by atoms with van der Waals surface area (Å²) in [6.45, 7) is 1.45. The average Bonchev–Trinajstić information content (AvgIpc) is 2.74. The van der Waals surface area contributed by atoms with Crippen LogP contribution in [0.1, 0.15) is 12.0 Å². The van der Waals surface area contributed by atoms with Gasteiger partial charge in [0.15, 0.2) is 9.84 Å². The second-order valence-electron chi connectivity index (χ2n) is 5.78. The maximum absolute atomic E-state index is 12.1. The Morgan fingerprint density at radius 1 is 1.39 bits per heavy atom. The molecular weight excluding hydrogens is 340 g/mol. The van der Waals surface area contributed by atoms with Gasteiger partial charge in [-0.2, -0.15) is 0 Å². The third-order valence-electron chi connectivity index (χ3n) is 3.57. The molecule has 1 atom stereocenters. The Balaban J connectivity index is 2.11. The van der Waals surface area contributed by atoms with E-state index < -0.39 is 31.8 Å². The summed E-state index contributed by atoms with van der Waals surface area (Å²) in [5, 5.41) is 2.60. The van der Waals surface area contributed by atoms with E-state index in [1.807, 2.05) is 13.0 Å². The Hall–Kier alpha value is -1.61. The second-order valence-corrected chi connectivity index (χ2v) is 9.91. The van der Waals surface area contributed by atoms with E-state index in [9.17, 15) is 21.6 Å². The van der Waals surface area contributed by atoms with Crippen LogP contribution in [0.3, 0.4) is 0 Å². The molecule has 0 aliphatic carbocycles. The summed E-state index contributed by atoms with van der Waals surface area (Å²) in [7, 11) is -6.73. The van der Waals surface area contributed by atoms with E-state index in [2.05, 4.69) is 5.32 Å². The molecule has 0 bridgehead atoms. The Morgan fingerprint density at radius 3 is 2.61 bits per heavy atom. The fourth-order valence-corrected chi connectivity index (χ4v) is 5.02. The van der Waals surface area contributed by atoms with Crippen LogP contribution in [0.25, 0.3) is 0 Å². The predicted octanol–water partition coefficient (Wildman–Crippen LogP) is 0.0643. The van der Waals surface area contributed by atoms with Gasteiger partial charge in [0.2, 0.25) is 15.9 Å². The second kappa shape index (κ2) is 6.48. The quantitative estimate of drug-likeness (QED) is 0.800. The monoisotopic (exact) mass is 360 g/mol. The fourth-order valence-electron chi connectivity index (χ4n) is 2.50. The SMILES string of the molecule is Cc1cccc(N(CC(=O)NC2CCS(=O)(=O)C2)S(C)(=O)=O)c1. The number of rotatable bonds is 5. The molecule has 1 N–H and O–H groups in total. The van der Waals surface area contributed by atoms with E-state index in [0.29, 0.717) is 12.1 Å². The third-order valence-corrected chi connectivity index (χ3v) is 6.48. The highest BCUT2D eigenvalue weighted by Crippen LogP contribution is 2.19. The minimum Gasteiger partial charge on any atom is -0.351 e. The molecule has 1 aromatic carbocycles. The van der Waals surface area contributed by atoms with Crippen LogP contribution < -0.4 is 9.62 Å². The molecule has 1 aliphatic heterocycles. The van der Waals surface area contributed by atoms with E-state index in [0.717, 1.165) is 16.1 Å². The van der Waals surface area contributed by atoms with Crippen LogP contribution in [0, 0.1) is 6.92 Å². The van der Waals surface area contributed by atoms with Crippen LogP contribution in [-0.2, 0) is 24.7 Å². The van der Waals surface area contributed by atoms with Gasteiger partial charge < -0.3 is 5.32 Å². The van der Waals surface area contributed by atoms with Gasteiger partial charge >= 0.3 is 0 Å². The zero-order valence-corrected chi connectivity index (χ0v) is 14.7. The lowest BCUT2D eigenvalue weighted by Crippen LogP contribution is -2.44. The topological polar surface area (TPSA) is 101 Å². The highest BCUT2D eigenvalue weighted by molar-refractivity contribution is 7.92. The molecule has 23 heavy (non-hydrogen) atoms. The van der Waals surface area contributed by atoms with Crippen LogP contribution in [0.4, 0.5) is 5.69 Å². The maximum atomic E-state index is 12.1. The van der Waals surface area contributed by atoms with Gasteiger partial charge in [0, 0.05) is 6.04 Å². The number of sulfone groups is 1.